The summed E-state index contributed by atoms with van der Waals surface area (Å²) < 4.78 is 20.6. The van der Waals surface area contributed by atoms with Crippen molar-refractivity contribution in [3.63, 3.8) is 0 Å². The quantitative estimate of drug-likeness (QED) is 0.221. The first-order valence-electron chi connectivity index (χ1n) is 12.5. The third-order valence-electron chi connectivity index (χ3n) is 6.21. The number of aromatic nitrogens is 2. The summed E-state index contributed by atoms with van der Waals surface area (Å²) in [4.78, 5) is 4.13. The highest BCUT2D eigenvalue weighted by Crippen LogP contribution is 2.40. The van der Waals surface area contributed by atoms with Gasteiger partial charge in [0.1, 0.15) is 18.5 Å². The molecule has 0 spiro atoms. The van der Waals surface area contributed by atoms with Crippen molar-refractivity contribution in [1.29, 1.82) is 0 Å². The Bertz CT molecular complexity index is 1330. The van der Waals surface area contributed by atoms with E-state index in [1.807, 2.05) is 47.2 Å². The Hall–Kier alpha value is -3.13. The standard InChI is InChI=1S/C30H29Cl2N3O3/c31-25-10-13-28(29(32)17-25)30(21-35-16-15-34-22-35)37-20-27(38-30)19-36-26-11-8-24(9-12-26)18-33-14-4-7-23-5-2-1-3-6-23/h1-13,15-17,22,27,33H,14,18-21H2/b7-4+/t27-,30-/m1/s1. The fourth-order valence-corrected chi connectivity index (χ4v) is 4.88. The van der Waals surface area contributed by atoms with Crippen molar-refractivity contribution in [3.8, 4) is 5.75 Å². The molecule has 8 heteroatoms. The summed E-state index contributed by atoms with van der Waals surface area (Å²) in [5.74, 6) is -0.293. The Kier molecular flexibility index (Phi) is 8.79. The smallest absolute Gasteiger partial charge is 0.215 e. The molecule has 4 aromatic rings. The van der Waals surface area contributed by atoms with Crippen molar-refractivity contribution in [3.05, 3.63) is 124 Å². The van der Waals surface area contributed by atoms with Gasteiger partial charge in [-0.25, -0.2) is 4.98 Å². The van der Waals surface area contributed by atoms with E-state index in [1.54, 1.807) is 24.7 Å². The molecule has 0 unspecified atom stereocenters. The Labute approximate surface area is 232 Å². The van der Waals surface area contributed by atoms with Gasteiger partial charge >= 0.3 is 0 Å². The highest BCUT2D eigenvalue weighted by atomic mass is 35.5. The molecule has 1 saturated heterocycles. The van der Waals surface area contributed by atoms with Crippen molar-refractivity contribution < 1.29 is 14.2 Å². The first-order valence-corrected chi connectivity index (χ1v) is 13.2. The number of halogens is 2. The number of imidazole rings is 1. The Balaban J connectivity index is 1.14. The molecule has 0 aliphatic carbocycles. The maximum Gasteiger partial charge on any atom is 0.215 e. The van der Waals surface area contributed by atoms with E-state index in [4.69, 9.17) is 37.4 Å². The highest BCUT2D eigenvalue weighted by Gasteiger charge is 2.45. The molecule has 0 radical (unpaired) electrons. The minimum absolute atomic E-state index is 0.275. The van der Waals surface area contributed by atoms with E-state index < -0.39 is 5.79 Å². The monoisotopic (exact) mass is 549 g/mol. The number of rotatable bonds is 11. The van der Waals surface area contributed by atoms with Gasteiger partial charge in [-0.1, -0.05) is 83.9 Å². The first-order chi connectivity index (χ1) is 18.6. The number of hydrogen-bond acceptors (Lipinski definition) is 5. The van der Waals surface area contributed by atoms with E-state index in [0.717, 1.165) is 24.4 Å². The van der Waals surface area contributed by atoms with Gasteiger partial charge in [0.15, 0.2) is 0 Å². The molecule has 2 heterocycles. The van der Waals surface area contributed by atoms with Crippen LogP contribution >= 0.6 is 23.2 Å². The van der Waals surface area contributed by atoms with E-state index in [9.17, 15) is 0 Å². The molecule has 3 aromatic carbocycles. The third kappa shape index (κ3) is 6.84. The Morgan fingerprint density at radius 3 is 2.68 bits per heavy atom. The maximum absolute atomic E-state index is 6.55. The van der Waals surface area contributed by atoms with Crippen LogP contribution in [0.3, 0.4) is 0 Å². The molecule has 196 valence electrons. The van der Waals surface area contributed by atoms with Crippen molar-refractivity contribution >= 4 is 29.3 Å². The predicted molar refractivity (Wildman–Crippen MR) is 150 cm³/mol. The molecule has 0 bridgehead atoms. The average Bonchev–Trinajstić information content (AvgIpc) is 3.59. The zero-order valence-corrected chi connectivity index (χ0v) is 22.3. The number of nitrogens with zero attached hydrogens (tertiary/aromatic N) is 2. The van der Waals surface area contributed by atoms with E-state index in [1.165, 1.54) is 11.1 Å². The molecular formula is C30H29Cl2N3O3. The third-order valence-corrected chi connectivity index (χ3v) is 6.76. The lowest BCUT2D eigenvalue weighted by molar-refractivity contribution is -0.189. The van der Waals surface area contributed by atoms with Gasteiger partial charge in [0, 0.05) is 36.1 Å². The van der Waals surface area contributed by atoms with Crippen LogP contribution in [0.4, 0.5) is 0 Å². The number of nitrogens with one attached hydrogen (secondary N) is 1. The van der Waals surface area contributed by atoms with E-state index in [-0.39, 0.29) is 6.10 Å². The molecule has 0 saturated carbocycles. The van der Waals surface area contributed by atoms with Crippen molar-refractivity contribution in [2.24, 2.45) is 0 Å². The minimum atomic E-state index is -1.07. The van der Waals surface area contributed by atoms with Gasteiger partial charge in [0.2, 0.25) is 5.79 Å². The summed E-state index contributed by atoms with van der Waals surface area (Å²) in [6.45, 7) is 2.68. The molecular weight excluding hydrogens is 521 g/mol. The molecule has 1 aliphatic heterocycles. The van der Waals surface area contributed by atoms with Crippen LogP contribution in [0.2, 0.25) is 10.0 Å². The van der Waals surface area contributed by atoms with Crippen LogP contribution in [0.5, 0.6) is 5.75 Å². The van der Waals surface area contributed by atoms with Crippen LogP contribution in [0.25, 0.3) is 6.08 Å². The summed E-state index contributed by atoms with van der Waals surface area (Å²) in [6, 6.07) is 23.7. The number of ether oxygens (including phenoxy) is 3. The van der Waals surface area contributed by atoms with E-state index >= 15 is 0 Å². The first kappa shape index (κ1) is 26.5. The summed E-state index contributed by atoms with van der Waals surface area (Å²) in [5.41, 5.74) is 3.10. The second-order valence-corrected chi connectivity index (χ2v) is 9.91. The van der Waals surface area contributed by atoms with Gasteiger partial charge in [-0.2, -0.15) is 0 Å². The normalized spacial score (nSPS) is 19.3. The van der Waals surface area contributed by atoms with Gasteiger partial charge in [-0.05, 0) is 35.4 Å². The summed E-state index contributed by atoms with van der Waals surface area (Å²) >= 11 is 12.7. The van der Waals surface area contributed by atoms with Gasteiger partial charge in [0.25, 0.3) is 0 Å². The predicted octanol–water partition coefficient (Wildman–Crippen LogP) is 6.34. The molecule has 1 fully saturated rings. The van der Waals surface area contributed by atoms with Crippen LogP contribution in [0.15, 0.2) is 97.6 Å². The molecule has 5 rings (SSSR count). The number of hydrogen-bond donors (Lipinski definition) is 1. The zero-order valence-electron chi connectivity index (χ0n) is 20.8. The van der Waals surface area contributed by atoms with E-state index in [2.05, 4.69) is 46.7 Å². The Morgan fingerprint density at radius 1 is 1.08 bits per heavy atom. The topological polar surface area (TPSA) is 57.5 Å². The summed E-state index contributed by atoms with van der Waals surface area (Å²) in [6.07, 6.45) is 9.26. The largest absolute Gasteiger partial charge is 0.491 e. The summed E-state index contributed by atoms with van der Waals surface area (Å²) in [7, 11) is 0. The lowest BCUT2D eigenvalue weighted by Gasteiger charge is -2.30. The lowest BCUT2D eigenvalue weighted by Crippen LogP contribution is -2.34. The van der Waals surface area contributed by atoms with Crippen molar-refractivity contribution in [1.82, 2.24) is 14.9 Å². The fraction of sp³-hybridized carbons (Fsp3) is 0.233. The SMILES string of the molecule is Clc1ccc([C@]2(Cn3ccnc3)OC[C@@H](COc3ccc(CNC/C=C/c4ccccc4)cc3)O2)c(Cl)c1. The zero-order chi connectivity index (χ0) is 26.2. The van der Waals surface area contributed by atoms with Crippen molar-refractivity contribution in [2.45, 2.75) is 25.0 Å². The Morgan fingerprint density at radius 2 is 1.92 bits per heavy atom. The van der Waals surface area contributed by atoms with Gasteiger partial charge in [-0.15, -0.1) is 0 Å². The van der Waals surface area contributed by atoms with Crippen LogP contribution in [0, 0.1) is 0 Å². The van der Waals surface area contributed by atoms with Crippen LogP contribution < -0.4 is 10.1 Å². The fourth-order valence-electron chi connectivity index (χ4n) is 4.33. The molecule has 38 heavy (non-hydrogen) atoms. The summed E-state index contributed by atoms with van der Waals surface area (Å²) in [5, 5.41) is 4.47. The molecule has 1 N–H and O–H groups in total. The lowest BCUT2D eigenvalue weighted by atomic mass is 10.1. The maximum atomic E-state index is 6.55. The minimum Gasteiger partial charge on any atom is -0.491 e. The molecule has 6 nitrogen and oxygen atoms in total. The molecule has 1 aliphatic rings. The van der Waals surface area contributed by atoms with Crippen LogP contribution in [0.1, 0.15) is 16.7 Å². The highest BCUT2D eigenvalue weighted by molar-refractivity contribution is 6.35. The molecule has 2 atom stereocenters. The van der Waals surface area contributed by atoms with Crippen molar-refractivity contribution in [2.75, 3.05) is 19.8 Å². The van der Waals surface area contributed by atoms with Gasteiger partial charge < -0.3 is 24.1 Å². The van der Waals surface area contributed by atoms with Crippen LogP contribution in [-0.2, 0) is 28.4 Å². The van der Waals surface area contributed by atoms with Crippen LogP contribution in [-0.4, -0.2) is 35.4 Å². The van der Waals surface area contributed by atoms with Gasteiger partial charge in [-0.3, -0.25) is 0 Å². The van der Waals surface area contributed by atoms with Gasteiger partial charge in [0.05, 0.1) is 24.5 Å². The second kappa shape index (κ2) is 12.6. The molecule has 1 aromatic heterocycles. The number of benzene rings is 3. The second-order valence-electron chi connectivity index (χ2n) is 9.06. The molecule has 0 amide bonds. The average molecular weight is 550 g/mol. The van der Waals surface area contributed by atoms with E-state index in [0.29, 0.717) is 29.8 Å².